The number of unbranched alkanes of at least 4 members (excludes halogenated alkanes) is 1. The number of aromatic nitrogens is 3. The molecule has 0 fully saturated rings. The highest BCUT2D eigenvalue weighted by Crippen LogP contribution is 2.34. The molecule has 2 aliphatic rings. The van der Waals surface area contributed by atoms with Crippen molar-refractivity contribution < 1.29 is 9.59 Å². The Balaban J connectivity index is 1.17. The number of rotatable bonds is 8. The number of hydrogen-bond acceptors (Lipinski definition) is 5. The van der Waals surface area contributed by atoms with Gasteiger partial charge >= 0.3 is 0 Å². The molecule has 2 aromatic heterocycles. The maximum Gasteiger partial charge on any atom is 0.261 e. The minimum Gasteiger partial charge on any atom is -0.341 e. The summed E-state index contributed by atoms with van der Waals surface area (Å²) in [6.07, 6.45) is 6.77. The normalized spacial score (nSPS) is 17.1. The summed E-state index contributed by atoms with van der Waals surface area (Å²) in [5.41, 5.74) is 5.54. The lowest BCUT2D eigenvalue weighted by Crippen LogP contribution is -2.34. The number of aromatic amines is 1. The van der Waals surface area contributed by atoms with Crippen LogP contribution in [0, 0.1) is 0 Å². The first-order chi connectivity index (χ1) is 17.7. The van der Waals surface area contributed by atoms with Gasteiger partial charge in [-0.25, -0.2) is 4.98 Å². The van der Waals surface area contributed by atoms with Crippen molar-refractivity contribution in [1.29, 1.82) is 0 Å². The summed E-state index contributed by atoms with van der Waals surface area (Å²) in [6, 6.07) is 19.6. The summed E-state index contributed by atoms with van der Waals surface area (Å²) in [5.74, 6) is 0.583. The number of fused-ring (bicyclic) bond motifs is 3. The fourth-order valence-corrected chi connectivity index (χ4v) is 5.59. The number of carbonyl (C=O) groups excluding carboxylic acids is 2. The largest absolute Gasteiger partial charge is 0.341 e. The zero-order valence-electron chi connectivity index (χ0n) is 20.2. The van der Waals surface area contributed by atoms with Crippen LogP contribution in [-0.2, 0) is 13.0 Å². The van der Waals surface area contributed by atoms with E-state index in [1.807, 2.05) is 30.5 Å². The smallest absolute Gasteiger partial charge is 0.261 e. The standard InChI is InChI=1S/C29H29N5O2/c35-28-21-11-1-2-12-22(21)29(36)34(28)18-6-5-17-33(19-26-31-23-13-3-4-14-24(23)32-26)25-15-7-9-20-10-8-16-30-27(20)25/h1-4,8,10-14,16,25H,5-7,9,15,17-19H2,(H,31,32)/t25-/m1/s1. The fraction of sp³-hybridized carbons (Fsp3) is 0.310. The van der Waals surface area contributed by atoms with Gasteiger partial charge in [-0.1, -0.05) is 30.3 Å². The van der Waals surface area contributed by atoms with Crippen LogP contribution in [0.2, 0.25) is 0 Å². The highest BCUT2D eigenvalue weighted by Gasteiger charge is 2.34. The van der Waals surface area contributed by atoms with Gasteiger partial charge in [0.05, 0.1) is 40.4 Å². The van der Waals surface area contributed by atoms with Crippen molar-refractivity contribution in [2.75, 3.05) is 13.1 Å². The molecule has 3 heterocycles. The summed E-state index contributed by atoms with van der Waals surface area (Å²) in [6.45, 7) is 1.97. The first kappa shape index (κ1) is 22.6. The Hall–Kier alpha value is -3.84. The SMILES string of the molecule is O=C1c2ccccc2C(=O)N1CCCCN(Cc1nc2ccccc2[nH]1)[C@@H]1CCCc2cccnc21. The number of benzene rings is 2. The van der Waals surface area contributed by atoms with Gasteiger partial charge in [-0.2, -0.15) is 0 Å². The van der Waals surface area contributed by atoms with Crippen molar-refractivity contribution in [3.8, 4) is 0 Å². The van der Waals surface area contributed by atoms with E-state index in [9.17, 15) is 9.59 Å². The molecule has 2 amide bonds. The van der Waals surface area contributed by atoms with Crippen LogP contribution in [0.15, 0.2) is 66.9 Å². The third kappa shape index (κ3) is 4.20. The summed E-state index contributed by atoms with van der Waals surface area (Å²) in [7, 11) is 0. The molecule has 1 aliphatic heterocycles. The van der Waals surface area contributed by atoms with Crippen LogP contribution in [0.5, 0.6) is 0 Å². The van der Waals surface area contributed by atoms with Crippen LogP contribution >= 0.6 is 0 Å². The number of pyridine rings is 1. The van der Waals surface area contributed by atoms with Crippen LogP contribution < -0.4 is 0 Å². The highest BCUT2D eigenvalue weighted by atomic mass is 16.2. The Morgan fingerprint density at radius 1 is 0.944 bits per heavy atom. The molecule has 2 aromatic carbocycles. The highest BCUT2D eigenvalue weighted by molar-refractivity contribution is 6.21. The second kappa shape index (κ2) is 9.66. The van der Waals surface area contributed by atoms with Crippen molar-refractivity contribution in [1.82, 2.24) is 24.8 Å². The number of H-pyrrole nitrogens is 1. The molecule has 182 valence electrons. The predicted molar refractivity (Wildman–Crippen MR) is 137 cm³/mol. The van der Waals surface area contributed by atoms with Crippen LogP contribution in [0.1, 0.15) is 69.5 Å². The number of imidazole rings is 1. The Morgan fingerprint density at radius 2 is 1.72 bits per heavy atom. The molecule has 0 saturated carbocycles. The first-order valence-electron chi connectivity index (χ1n) is 12.8. The molecule has 0 radical (unpaired) electrons. The second-order valence-corrected chi connectivity index (χ2v) is 9.64. The Bertz CT molecular complexity index is 1360. The molecule has 0 spiro atoms. The number of hydrogen-bond donors (Lipinski definition) is 1. The zero-order valence-corrected chi connectivity index (χ0v) is 20.2. The number of amides is 2. The molecular weight excluding hydrogens is 450 g/mol. The van der Waals surface area contributed by atoms with Crippen molar-refractivity contribution in [3.05, 3.63) is 95.1 Å². The van der Waals surface area contributed by atoms with Gasteiger partial charge in [-0.15, -0.1) is 0 Å². The van der Waals surface area contributed by atoms with E-state index in [-0.39, 0.29) is 17.9 Å². The Morgan fingerprint density at radius 3 is 2.53 bits per heavy atom. The van der Waals surface area contributed by atoms with Crippen molar-refractivity contribution in [2.45, 2.75) is 44.7 Å². The van der Waals surface area contributed by atoms with Crippen molar-refractivity contribution >= 4 is 22.8 Å². The van der Waals surface area contributed by atoms with Crippen LogP contribution in [0.4, 0.5) is 0 Å². The molecule has 0 bridgehead atoms. The molecule has 7 nitrogen and oxygen atoms in total. The molecular formula is C29H29N5O2. The summed E-state index contributed by atoms with van der Waals surface area (Å²) < 4.78 is 0. The number of nitrogens with one attached hydrogen (secondary N) is 1. The van der Waals surface area contributed by atoms with Crippen LogP contribution in [0.3, 0.4) is 0 Å². The van der Waals surface area contributed by atoms with Crippen LogP contribution in [0.25, 0.3) is 11.0 Å². The lowest BCUT2D eigenvalue weighted by atomic mass is 9.90. The molecule has 1 N–H and O–H groups in total. The monoisotopic (exact) mass is 479 g/mol. The number of para-hydroxylation sites is 2. The molecule has 0 unspecified atom stereocenters. The van der Waals surface area contributed by atoms with Gasteiger partial charge in [0.1, 0.15) is 5.82 Å². The van der Waals surface area contributed by atoms with E-state index < -0.39 is 0 Å². The average Bonchev–Trinajstić information content (AvgIpc) is 3.44. The molecule has 6 rings (SSSR count). The number of aryl methyl sites for hydroxylation is 1. The van der Waals surface area contributed by atoms with Gasteiger partial charge in [-0.3, -0.25) is 24.4 Å². The fourth-order valence-electron chi connectivity index (χ4n) is 5.59. The molecule has 1 atom stereocenters. The third-order valence-electron chi connectivity index (χ3n) is 7.35. The van der Waals surface area contributed by atoms with E-state index in [1.54, 1.807) is 24.3 Å². The number of nitrogens with zero attached hydrogens (tertiary/aromatic N) is 4. The minimum atomic E-state index is -0.180. The van der Waals surface area contributed by atoms with Crippen LogP contribution in [-0.4, -0.2) is 49.7 Å². The molecule has 4 aromatic rings. The van der Waals surface area contributed by atoms with Gasteiger partial charge in [0.15, 0.2) is 0 Å². The minimum absolute atomic E-state index is 0.180. The zero-order chi connectivity index (χ0) is 24.5. The van der Waals surface area contributed by atoms with Gasteiger partial charge < -0.3 is 4.98 Å². The van der Waals surface area contributed by atoms with E-state index >= 15 is 0 Å². The summed E-state index contributed by atoms with van der Waals surface area (Å²) in [5, 5.41) is 0. The predicted octanol–water partition coefficient (Wildman–Crippen LogP) is 4.91. The quantitative estimate of drug-likeness (QED) is 0.287. The van der Waals surface area contributed by atoms with Crippen molar-refractivity contribution in [2.24, 2.45) is 0 Å². The first-order valence-corrected chi connectivity index (χ1v) is 12.8. The summed E-state index contributed by atoms with van der Waals surface area (Å²) >= 11 is 0. The number of imide groups is 1. The number of carbonyl (C=O) groups is 2. The van der Waals surface area contributed by atoms with Gasteiger partial charge in [-0.05, 0) is 74.5 Å². The maximum atomic E-state index is 12.7. The van der Waals surface area contributed by atoms with Crippen molar-refractivity contribution in [3.63, 3.8) is 0 Å². The van der Waals surface area contributed by atoms with E-state index in [2.05, 4.69) is 22.0 Å². The van der Waals surface area contributed by atoms with E-state index in [4.69, 9.17) is 9.97 Å². The Labute approximate surface area is 210 Å². The lowest BCUT2D eigenvalue weighted by Gasteiger charge is -2.34. The molecule has 36 heavy (non-hydrogen) atoms. The van der Waals surface area contributed by atoms with E-state index in [0.717, 1.165) is 55.5 Å². The average molecular weight is 480 g/mol. The molecule has 1 aliphatic carbocycles. The molecule has 7 heteroatoms. The lowest BCUT2D eigenvalue weighted by molar-refractivity contribution is 0.0648. The Kier molecular flexibility index (Phi) is 6.07. The van der Waals surface area contributed by atoms with E-state index in [1.165, 1.54) is 16.2 Å². The van der Waals surface area contributed by atoms with Gasteiger partial charge in [0.25, 0.3) is 11.8 Å². The topological polar surface area (TPSA) is 82.2 Å². The summed E-state index contributed by atoms with van der Waals surface area (Å²) in [4.78, 5) is 42.4. The van der Waals surface area contributed by atoms with Gasteiger partial charge in [0, 0.05) is 12.7 Å². The van der Waals surface area contributed by atoms with Gasteiger partial charge in [0.2, 0.25) is 0 Å². The maximum absolute atomic E-state index is 12.7. The second-order valence-electron chi connectivity index (χ2n) is 9.64. The molecule has 0 saturated heterocycles. The third-order valence-corrected chi connectivity index (χ3v) is 7.35. The van der Waals surface area contributed by atoms with E-state index in [0.29, 0.717) is 24.2 Å².